The maximum Gasteiger partial charge on any atom is 0.225 e. The summed E-state index contributed by atoms with van der Waals surface area (Å²) in [5.74, 6) is 1.08. The monoisotopic (exact) mass is 393 g/mol. The zero-order valence-electron chi connectivity index (χ0n) is 16.2. The van der Waals surface area contributed by atoms with Crippen LogP contribution < -0.4 is 10.1 Å². The zero-order chi connectivity index (χ0) is 20.2. The summed E-state index contributed by atoms with van der Waals surface area (Å²) in [5.41, 5.74) is 1.71. The fourth-order valence-electron chi connectivity index (χ4n) is 3.64. The van der Waals surface area contributed by atoms with E-state index in [0.29, 0.717) is 26.1 Å². The summed E-state index contributed by atoms with van der Waals surface area (Å²) in [6.07, 6.45) is 2.70. The molecule has 150 valence electrons. The van der Waals surface area contributed by atoms with Crippen LogP contribution in [0.1, 0.15) is 17.8 Å². The van der Waals surface area contributed by atoms with Crippen LogP contribution in [-0.2, 0) is 22.6 Å². The van der Waals surface area contributed by atoms with E-state index in [0.717, 1.165) is 22.8 Å². The maximum atomic E-state index is 12.5. The van der Waals surface area contributed by atoms with Crippen LogP contribution in [0.15, 0.2) is 48.7 Å². The second kappa shape index (κ2) is 8.30. The molecule has 8 nitrogen and oxygen atoms in total. The number of carbonyl (C=O) groups is 2. The van der Waals surface area contributed by atoms with E-state index in [1.807, 2.05) is 53.1 Å². The Morgan fingerprint density at radius 2 is 2.03 bits per heavy atom. The molecular weight excluding hydrogens is 370 g/mol. The molecule has 0 spiro atoms. The van der Waals surface area contributed by atoms with Crippen LogP contribution in [0.2, 0.25) is 0 Å². The van der Waals surface area contributed by atoms with Crippen LogP contribution in [0, 0.1) is 5.92 Å². The first-order valence-electron chi connectivity index (χ1n) is 9.61. The Bertz CT molecular complexity index is 1030. The van der Waals surface area contributed by atoms with E-state index >= 15 is 0 Å². The number of para-hydroxylation sites is 1. The van der Waals surface area contributed by atoms with E-state index in [2.05, 4.69) is 15.5 Å². The van der Waals surface area contributed by atoms with Gasteiger partial charge in [-0.3, -0.25) is 14.0 Å². The third-order valence-corrected chi connectivity index (χ3v) is 5.17. The number of hydrogen-bond donors (Lipinski definition) is 1. The number of likely N-dealkylation sites (tertiary alicyclic amines) is 1. The van der Waals surface area contributed by atoms with Gasteiger partial charge in [-0.05, 0) is 18.2 Å². The van der Waals surface area contributed by atoms with Gasteiger partial charge in [0, 0.05) is 44.2 Å². The highest BCUT2D eigenvalue weighted by Crippen LogP contribution is 2.24. The van der Waals surface area contributed by atoms with Gasteiger partial charge in [0.25, 0.3) is 0 Å². The Balaban J connectivity index is 1.31. The Hall–Kier alpha value is -3.42. The molecule has 1 saturated heterocycles. The van der Waals surface area contributed by atoms with Gasteiger partial charge < -0.3 is 15.0 Å². The van der Waals surface area contributed by atoms with Gasteiger partial charge in [0.2, 0.25) is 11.8 Å². The van der Waals surface area contributed by atoms with Gasteiger partial charge in [-0.15, -0.1) is 10.2 Å². The minimum absolute atomic E-state index is 0.0143. The van der Waals surface area contributed by atoms with Crippen molar-refractivity contribution in [2.75, 3.05) is 20.2 Å². The molecule has 1 unspecified atom stereocenters. The van der Waals surface area contributed by atoms with Crippen LogP contribution in [0.4, 0.5) is 0 Å². The summed E-state index contributed by atoms with van der Waals surface area (Å²) < 4.78 is 7.26. The van der Waals surface area contributed by atoms with Gasteiger partial charge in [-0.2, -0.15) is 0 Å². The van der Waals surface area contributed by atoms with Crippen LogP contribution in [0.5, 0.6) is 5.75 Å². The molecule has 4 rings (SSSR count). The molecule has 0 saturated carbocycles. The molecule has 3 aromatic rings. The summed E-state index contributed by atoms with van der Waals surface area (Å²) in [6.45, 7) is 1.31. The van der Waals surface area contributed by atoms with Crippen LogP contribution in [-0.4, -0.2) is 51.5 Å². The quantitative estimate of drug-likeness (QED) is 0.656. The predicted octanol–water partition coefficient (Wildman–Crippen LogP) is 1.45. The second-order valence-electron chi connectivity index (χ2n) is 7.07. The summed E-state index contributed by atoms with van der Waals surface area (Å²) >= 11 is 0. The molecule has 3 heterocycles. The average Bonchev–Trinajstić information content (AvgIpc) is 3.32. The molecule has 0 aliphatic carbocycles. The predicted molar refractivity (Wildman–Crippen MR) is 106 cm³/mol. The molecular formula is C21H23N5O3. The number of pyridine rings is 1. The minimum atomic E-state index is -0.340. The number of nitrogens with zero attached hydrogens (tertiary/aromatic N) is 4. The summed E-state index contributed by atoms with van der Waals surface area (Å²) in [5, 5.41) is 11.2. The Morgan fingerprint density at radius 1 is 1.21 bits per heavy atom. The topological polar surface area (TPSA) is 88.8 Å². The number of amides is 2. The first-order chi connectivity index (χ1) is 14.2. The highest BCUT2D eigenvalue weighted by Gasteiger charge is 2.34. The number of rotatable bonds is 7. The Labute approximate surface area is 168 Å². The number of aromatic nitrogens is 3. The summed E-state index contributed by atoms with van der Waals surface area (Å²) in [7, 11) is 1.61. The molecule has 0 bridgehead atoms. The van der Waals surface area contributed by atoms with Gasteiger partial charge >= 0.3 is 0 Å². The molecule has 1 aliphatic rings. The third-order valence-electron chi connectivity index (χ3n) is 5.17. The molecule has 1 aliphatic heterocycles. The average molecular weight is 393 g/mol. The maximum absolute atomic E-state index is 12.5. The van der Waals surface area contributed by atoms with Crippen molar-refractivity contribution in [1.29, 1.82) is 0 Å². The van der Waals surface area contributed by atoms with E-state index in [1.54, 1.807) is 12.0 Å². The lowest BCUT2D eigenvalue weighted by Crippen LogP contribution is -2.34. The number of hydrogen-bond acceptors (Lipinski definition) is 5. The van der Waals surface area contributed by atoms with Gasteiger partial charge in [0.05, 0.1) is 13.0 Å². The van der Waals surface area contributed by atoms with Crippen LogP contribution in [0.25, 0.3) is 5.65 Å². The molecule has 8 heteroatoms. The number of nitrogens with one attached hydrogen (secondary N) is 1. The fraction of sp³-hybridized carbons (Fsp3) is 0.333. The first kappa shape index (κ1) is 18.9. The van der Waals surface area contributed by atoms with Crippen molar-refractivity contribution in [3.8, 4) is 5.75 Å². The molecule has 0 radical (unpaired) electrons. The van der Waals surface area contributed by atoms with E-state index < -0.39 is 0 Å². The van der Waals surface area contributed by atoms with E-state index in [1.165, 1.54) is 0 Å². The molecule has 1 fully saturated rings. The molecule has 29 heavy (non-hydrogen) atoms. The van der Waals surface area contributed by atoms with E-state index in [9.17, 15) is 9.59 Å². The van der Waals surface area contributed by atoms with Gasteiger partial charge in [-0.25, -0.2) is 0 Å². The Kier molecular flexibility index (Phi) is 5.41. The third kappa shape index (κ3) is 4.06. The van der Waals surface area contributed by atoms with Gasteiger partial charge in [0.15, 0.2) is 5.65 Å². The van der Waals surface area contributed by atoms with Crippen LogP contribution >= 0.6 is 0 Å². The lowest BCUT2D eigenvalue weighted by Gasteiger charge is -2.18. The van der Waals surface area contributed by atoms with Crippen molar-refractivity contribution in [2.24, 2.45) is 5.92 Å². The standard InChI is InChI=1S/C21H23N5O3/c1-29-17-7-3-2-6-15(17)13-25-14-16(12-20(25)27)21(28)22-10-9-19-24-23-18-8-4-5-11-26(18)19/h2-8,11,16H,9-10,12-14H2,1H3,(H,22,28). The number of benzene rings is 1. The lowest BCUT2D eigenvalue weighted by atomic mass is 10.1. The molecule has 1 N–H and O–H groups in total. The SMILES string of the molecule is COc1ccccc1CN1CC(C(=O)NCCc2nnc3ccccn23)CC1=O. The number of ether oxygens (including phenoxy) is 1. The molecule has 2 aromatic heterocycles. The normalized spacial score (nSPS) is 16.4. The second-order valence-corrected chi connectivity index (χ2v) is 7.07. The number of methoxy groups -OCH3 is 1. The largest absolute Gasteiger partial charge is 0.496 e. The Morgan fingerprint density at radius 3 is 2.90 bits per heavy atom. The van der Waals surface area contributed by atoms with E-state index in [-0.39, 0.29) is 24.2 Å². The number of fused-ring (bicyclic) bond motifs is 1. The molecule has 2 amide bonds. The first-order valence-corrected chi connectivity index (χ1v) is 9.61. The van der Waals surface area contributed by atoms with E-state index in [4.69, 9.17) is 4.74 Å². The minimum Gasteiger partial charge on any atom is -0.496 e. The highest BCUT2D eigenvalue weighted by atomic mass is 16.5. The highest BCUT2D eigenvalue weighted by molar-refractivity contribution is 5.89. The fourth-order valence-corrected chi connectivity index (χ4v) is 3.64. The summed E-state index contributed by atoms with van der Waals surface area (Å²) in [6, 6.07) is 13.3. The number of carbonyl (C=O) groups excluding carboxylic acids is 2. The van der Waals surface area contributed by atoms with Gasteiger partial charge in [-0.1, -0.05) is 24.3 Å². The van der Waals surface area contributed by atoms with Gasteiger partial charge in [0.1, 0.15) is 11.6 Å². The van der Waals surface area contributed by atoms with Crippen molar-refractivity contribution in [3.05, 3.63) is 60.0 Å². The summed E-state index contributed by atoms with van der Waals surface area (Å²) in [4.78, 5) is 26.6. The molecule has 1 aromatic carbocycles. The zero-order valence-corrected chi connectivity index (χ0v) is 16.2. The lowest BCUT2D eigenvalue weighted by molar-refractivity contribution is -0.129. The molecule has 1 atom stereocenters. The van der Waals surface area contributed by atoms with Crippen molar-refractivity contribution in [3.63, 3.8) is 0 Å². The van der Waals surface area contributed by atoms with Crippen molar-refractivity contribution < 1.29 is 14.3 Å². The van der Waals surface area contributed by atoms with Crippen molar-refractivity contribution in [1.82, 2.24) is 24.8 Å². The van der Waals surface area contributed by atoms with Crippen LogP contribution in [0.3, 0.4) is 0 Å². The van der Waals surface area contributed by atoms with Crippen molar-refractivity contribution in [2.45, 2.75) is 19.4 Å². The smallest absolute Gasteiger partial charge is 0.225 e. The van der Waals surface area contributed by atoms with Crippen molar-refractivity contribution >= 4 is 17.5 Å².